The standard InChI is InChI=1S/C12H18N6/c1-9-3-4-14-11-10(9)15-12(13)18(11)17-7-5-16(2)6-8-17/h3-4H,5-8H2,1-2H3,(H2,13,15). The van der Waals surface area contributed by atoms with Gasteiger partial charge in [-0.15, -0.1) is 0 Å². The van der Waals surface area contributed by atoms with E-state index in [2.05, 4.69) is 26.9 Å². The van der Waals surface area contributed by atoms with Gasteiger partial charge in [0.1, 0.15) is 5.52 Å². The first-order valence-electron chi connectivity index (χ1n) is 6.20. The number of nitrogen functional groups attached to an aromatic ring is 1. The summed E-state index contributed by atoms with van der Waals surface area (Å²) < 4.78 is 1.95. The second-order valence-corrected chi connectivity index (χ2v) is 4.84. The molecule has 1 fully saturated rings. The Hall–Kier alpha value is -1.82. The van der Waals surface area contributed by atoms with Crippen LogP contribution in [0.3, 0.4) is 0 Å². The summed E-state index contributed by atoms with van der Waals surface area (Å²) in [5, 5.41) is 2.22. The maximum absolute atomic E-state index is 6.04. The molecule has 0 amide bonds. The van der Waals surface area contributed by atoms with Crippen molar-refractivity contribution in [3.63, 3.8) is 0 Å². The van der Waals surface area contributed by atoms with Gasteiger partial charge in [0, 0.05) is 32.4 Å². The topological polar surface area (TPSA) is 63.2 Å². The summed E-state index contributed by atoms with van der Waals surface area (Å²) in [7, 11) is 2.13. The molecule has 0 bridgehead atoms. The first kappa shape index (κ1) is 11.3. The van der Waals surface area contributed by atoms with Crippen LogP contribution in [0.2, 0.25) is 0 Å². The number of hydrogen-bond donors (Lipinski definition) is 1. The number of aromatic nitrogens is 3. The van der Waals surface area contributed by atoms with Crippen molar-refractivity contribution in [1.29, 1.82) is 0 Å². The number of nitrogens with zero attached hydrogens (tertiary/aromatic N) is 5. The molecule has 2 N–H and O–H groups in total. The van der Waals surface area contributed by atoms with Crippen molar-refractivity contribution in [2.45, 2.75) is 6.92 Å². The van der Waals surface area contributed by atoms with Gasteiger partial charge >= 0.3 is 0 Å². The number of likely N-dealkylation sites (N-methyl/N-ethyl adjacent to an activating group) is 1. The zero-order valence-electron chi connectivity index (χ0n) is 10.8. The van der Waals surface area contributed by atoms with Gasteiger partial charge in [0.05, 0.1) is 0 Å². The Morgan fingerprint density at radius 3 is 2.67 bits per heavy atom. The second kappa shape index (κ2) is 4.13. The molecule has 3 heterocycles. The number of nitrogens with two attached hydrogens (primary N) is 1. The summed E-state index contributed by atoms with van der Waals surface area (Å²) in [5.74, 6) is 0.524. The molecular formula is C12H18N6. The number of rotatable bonds is 1. The predicted octanol–water partition coefficient (Wildman–Crippen LogP) is 0.205. The Balaban J connectivity index is 2.06. The van der Waals surface area contributed by atoms with E-state index in [9.17, 15) is 0 Å². The Labute approximate surface area is 106 Å². The molecule has 0 atom stereocenters. The average molecular weight is 246 g/mol. The van der Waals surface area contributed by atoms with Crippen LogP contribution in [0, 0.1) is 6.92 Å². The van der Waals surface area contributed by atoms with Crippen LogP contribution in [0.4, 0.5) is 5.95 Å². The summed E-state index contributed by atoms with van der Waals surface area (Å²) in [4.78, 5) is 11.2. The minimum atomic E-state index is 0.524. The Kier molecular flexibility index (Phi) is 2.59. The fourth-order valence-electron chi connectivity index (χ4n) is 2.37. The average Bonchev–Trinajstić information content (AvgIpc) is 2.69. The van der Waals surface area contributed by atoms with Crippen LogP contribution in [0.1, 0.15) is 5.56 Å². The Morgan fingerprint density at radius 2 is 1.94 bits per heavy atom. The molecular weight excluding hydrogens is 228 g/mol. The van der Waals surface area contributed by atoms with E-state index < -0.39 is 0 Å². The molecule has 3 rings (SSSR count). The number of hydrogen-bond acceptors (Lipinski definition) is 5. The van der Waals surface area contributed by atoms with E-state index in [1.54, 1.807) is 0 Å². The van der Waals surface area contributed by atoms with Crippen molar-refractivity contribution in [1.82, 2.24) is 19.5 Å². The summed E-state index contributed by atoms with van der Waals surface area (Å²) >= 11 is 0. The van der Waals surface area contributed by atoms with E-state index in [4.69, 9.17) is 5.73 Å². The van der Waals surface area contributed by atoms with Crippen LogP contribution in [0.5, 0.6) is 0 Å². The third kappa shape index (κ3) is 1.69. The molecule has 2 aromatic rings. The van der Waals surface area contributed by atoms with E-state index in [1.165, 1.54) is 0 Å². The van der Waals surface area contributed by atoms with Gasteiger partial charge in [0.15, 0.2) is 5.65 Å². The maximum Gasteiger partial charge on any atom is 0.222 e. The summed E-state index contributed by atoms with van der Waals surface area (Å²) in [6.45, 7) is 5.99. The molecule has 0 aliphatic carbocycles. The normalized spacial score (nSPS) is 17.6. The number of aryl methyl sites for hydroxylation is 1. The van der Waals surface area contributed by atoms with Crippen LogP contribution in [-0.4, -0.2) is 52.8 Å². The van der Waals surface area contributed by atoms with E-state index in [0.29, 0.717) is 5.95 Å². The van der Waals surface area contributed by atoms with Gasteiger partial charge in [0.2, 0.25) is 5.95 Å². The van der Waals surface area contributed by atoms with Crippen LogP contribution in [0.15, 0.2) is 12.3 Å². The highest BCUT2D eigenvalue weighted by molar-refractivity contribution is 5.77. The number of piperazine rings is 1. The lowest BCUT2D eigenvalue weighted by molar-refractivity contribution is 0.290. The van der Waals surface area contributed by atoms with Gasteiger partial charge in [-0.1, -0.05) is 0 Å². The fraction of sp³-hybridized carbons (Fsp3) is 0.500. The number of fused-ring (bicyclic) bond motifs is 1. The van der Waals surface area contributed by atoms with Gasteiger partial charge in [-0.2, -0.15) is 0 Å². The van der Waals surface area contributed by atoms with Crippen LogP contribution in [-0.2, 0) is 0 Å². The lowest BCUT2D eigenvalue weighted by Gasteiger charge is -2.34. The van der Waals surface area contributed by atoms with Crippen LogP contribution < -0.4 is 10.7 Å². The predicted molar refractivity (Wildman–Crippen MR) is 72.1 cm³/mol. The zero-order valence-corrected chi connectivity index (χ0v) is 10.8. The highest BCUT2D eigenvalue weighted by Crippen LogP contribution is 2.19. The molecule has 0 aromatic carbocycles. The highest BCUT2D eigenvalue weighted by atomic mass is 15.6. The van der Waals surface area contributed by atoms with Gasteiger partial charge in [0.25, 0.3) is 0 Å². The van der Waals surface area contributed by atoms with Gasteiger partial charge in [-0.3, -0.25) is 0 Å². The lowest BCUT2D eigenvalue weighted by Crippen LogP contribution is -2.50. The lowest BCUT2D eigenvalue weighted by atomic mass is 10.3. The maximum atomic E-state index is 6.04. The van der Waals surface area contributed by atoms with Crippen molar-refractivity contribution in [2.75, 3.05) is 44.0 Å². The summed E-state index contributed by atoms with van der Waals surface area (Å²) in [5.41, 5.74) is 8.91. The quantitative estimate of drug-likeness (QED) is 0.779. The largest absolute Gasteiger partial charge is 0.368 e. The third-order valence-electron chi connectivity index (χ3n) is 3.51. The van der Waals surface area contributed by atoms with Gasteiger partial charge in [-0.25, -0.2) is 14.6 Å². The molecule has 1 aliphatic rings. The molecule has 1 saturated heterocycles. The van der Waals surface area contributed by atoms with E-state index >= 15 is 0 Å². The third-order valence-corrected chi connectivity index (χ3v) is 3.51. The van der Waals surface area contributed by atoms with Crippen molar-refractivity contribution in [3.8, 4) is 0 Å². The smallest absolute Gasteiger partial charge is 0.222 e. The molecule has 1 aliphatic heterocycles. The first-order chi connectivity index (χ1) is 8.66. The SMILES string of the molecule is Cc1ccnc2c1nc(N)n2N1CCN(C)CC1. The first-order valence-corrected chi connectivity index (χ1v) is 6.20. The minimum Gasteiger partial charge on any atom is -0.368 e. The molecule has 0 saturated carbocycles. The van der Waals surface area contributed by atoms with Crippen molar-refractivity contribution < 1.29 is 0 Å². The zero-order chi connectivity index (χ0) is 12.7. The highest BCUT2D eigenvalue weighted by Gasteiger charge is 2.20. The Bertz CT molecular complexity index is 567. The van der Waals surface area contributed by atoms with Crippen LogP contribution >= 0.6 is 0 Å². The number of anilines is 1. The van der Waals surface area contributed by atoms with E-state index in [0.717, 1.165) is 42.9 Å². The molecule has 0 radical (unpaired) electrons. The molecule has 0 unspecified atom stereocenters. The van der Waals surface area contributed by atoms with E-state index in [-0.39, 0.29) is 0 Å². The fourth-order valence-corrected chi connectivity index (χ4v) is 2.37. The Morgan fingerprint density at radius 1 is 1.22 bits per heavy atom. The minimum absolute atomic E-state index is 0.524. The van der Waals surface area contributed by atoms with Gasteiger partial charge in [-0.05, 0) is 25.6 Å². The molecule has 6 heteroatoms. The van der Waals surface area contributed by atoms with Crippen molar-refractivity contribution >= 4 is 17.1 Å². The molecule has 18 heavy (non-hydrogen) atoms. The van der Waals surface area contributed by atoms with Crippen LogP contribution in [0.25, 0.3) is 11.2 Å². The molecule has 2 aromatic heterocycles. The number of imidazole rings is 1. The van der Waals surface area contributed by atoms with Crippen molar-refractivity contribution in [2.24, 2.45) is 0 Å². The van der Waals surface area contributed by atoms with Crippen molar-refractivity contribution in [3.05, 3.63) is 17.8 Å². The summed E-state index contributed by atoms with van der Waals surface area (Å²) in [6.07, 6.45) is 1.81. The monoisotopic (exact) mass is 246 g/mol. The molecule has 0 spiro atoms. The molecule has 6 nitrogen and oxygen atoms in total. The van der Waals surface area contributed by atoms with E-state index in [1.807, 2.05) is 23.9 Å². The van der Waals surface area contributed by atoms with Gasteiger partial charge < -0.3 is 15.6 Å². The second-order valence-electron chi connectivity index (χ2n) is 4.84. The number of pyridine rings is 1. The molecule has 96 valence electrons. The summed E-state index contributed by atoms with van der Waals surface area (Å²) in [6, 6.07) is 1.96.